The van der Waals surface area contributed by atoms with Crippen molar-refractivity contribution >= 4 is 5.78 Å². The van der Waals surface area contributed by atoms with Gasteiger partial charge in [-0.25, -0.2) is 0 Å². The molecule has 1 aromatic carbocycles. The highest BCUT2D eigenvalue weighted by atomic mass is 16.5. The Hall–Kier alpha value is -1.31. The summed E-state index contributed by atoms with van der Waals surface area (Å²) in [6, 6.07) is 7.90. The Morgan fingerprint density at radius 3 is 2.88 bits per heavy atom. The van der Waals surface area contributed by atoms with Gasteiger partial charge in [-0.15, -0.1) is 0 Å². The van der Waals surface area contributed by atoms with Crippen molar-refractivity contribution < 1.29 is 9.53 Å². The van der Waals surface area contributed by atoms with Crippen LogP contribution in [0.1, 0.15) is 32.3 Å². The normalized spacial score (nSPS) is 18.3. The van der Waals surface area contributed by atoms with Gasteiger partial charge >= 0.3 is 0 Å². The minimum atomic E-state index is -0.240. The van der Waals surface area contributed by atoms with E-state index in [1.54, 1.807) is 0 Å². The van der Waals surface area contributed by atoms with Gasteiger partial charge in [0, 0.05) is 12.8 Å². The number of Topliss-reactive ketones (excluding diaryl/α,β-unsaturated/α-hetero) is 1. The number of hydrogen-bond acceptors (Lipinski definition) is 2. The molecule has 0 aliphatic carbocycles. The molecule has 0 radical (unpaired) electrons. The van der Waals surface area contributed by atoms with Gasteiger partial charge in [-0.2, -0.15) is 0 Å². The van der Waals surface area contributed by atoms with Crippen LogP contribution >= 0.6 is 0 Å². The van der Waals surface area contributed by atoms with Crippen LogP contribution in [0.2, 0.25) is 0 Å². The van der Waals surface area contributed by atoms with Crippen LogP contribution in [0.4, 0.5) is 0 Å². The quantitative estimate of drug-likeness (QED) is 0.776. The zero-order valence-electron chi connectivity index (χ0n) is 9.90. The molecule has 16 heavy (non-hydrogen) atoms. The van der Waals surface area contributed by atoms with E-state index in [-0.39, 0.29) is 11.9 Å². The summed E-state index contributed by atoms with van der Waals surface area (Å²) in [7, 11) is 0. The lowest BCUT2D eigenvalue weighted by atomic mass is 10.0. The third kappa shape index (κ3) is 2.43. The largest absolute Gasteiger partial charge is 0.482 e. The van der Waals surface area contributed by atoms with E-state index in [1.807, 2.05) is 24.3 Å². The van der Waals surface area contributed by atoms with E-state index in [1.165, 1.54) is 0 Å². The molecule has 1 unspecified atom stereocenters. The Labute approximate surface area is 96.6 Å². The van der Waals surface area contributed by atoms with Gasteiger partial charge in [-0.3, -0.25) is 4.79 Å². The van der Waals surface area contributed by atoms with Gasteiger partial charge in [0.05, 0.1) is 0 Å². The standard InChI is InChI=1S/C14H18O2/c1-10(2)7-8-12(15)14-9-11-5-3-4-6-13(11)16-14/h3-6,10,14H,7-9H2,1-2H3. The number of carbonyl (C=O) groups excluding carboxylic acids is 1. The molecular formula is C14H18O2. The van der Waals surface area contributed by atoms with Gasteiger partial charge in [0.2, 0.25) is 0 Å². The SMILES string of the molecule is CC(C)CCC(=O)C1Cc2ccccc2O1. The zero-order valence-corrected chi connectivity index (χ0v) is 9.90. The number of rotatable bonds is 4. The molecule has 0 aromatic heterocycles. The molecule has 0 amide bonds. The molecule has 2 rings (SSSR count). The molecule has 1 heterocycles. The average Bonchev–Trinajstić information content (AvgIpc) is 2.69. The van der Waals surface area contributed by atoms with E-state index < -0.39 is 0 Å². The number of carbonyl (C=O) groups is 1. The highest BCUT2D eigenvalue weighted by molar-refractivity contribution is 5.84. The van der Waals surface area contributed by atoms with E-state index in [0.29, 0.717) is 12.3 Å². The monoisotopic (exact) mass is 218 g/mol. The van der Waals surface area contributed by atoms with Crippen LogP contribution in [-0.2, 0) is 11.2 Å². The van der Waals surface area contributed by atoms with E-state index >= 15 is 0 Å². The first kappa shape index (κ1) is 11.2. The van der Waals surface area contributed by atoms with Gasteiger partial charge in [-0.05, 0) is 24.0 Å². The van der Waals surface area contributed by atoms with Crippen LogP contribution in [0.3, 0.4) is 0 Å². The average molecular weight is 218 g/mol. The van der Waals surface area contributed by atoms with Crippen molar-refractivity contribution in [3.63, 3.8) is 0 Å². The topological polar surface area (TPSA) is 26.3 Å². The highest BCUT2D eigenvalue weighted by Gasteiger charge is 2.27. The maximum absolute atomic E-state index is 11.9. The van der Waals surface area contributed by atoms with Crippen LogP contribution < -0.4 is 4.74 Å². The van der Waals surface area contributed by atoms with Crippen LogP contribution in [-0.4, -0.2) is 11.9 Å². The van der Waals surface area contributed by atoms with Crippen molar-refractivity contribution in [2.75, 3.05) is 0 Å². The first-order valence-electron chi connectivity index (χ1n) is 5.94. The molecule has 2 heteroatoms. The molecule has 1 aliphatic heterocycles. The van der Waals surface area contributed by atoms with Gasteiger partial charge in [0.15, 0.2) is 11.9 Å². The number of benzene rings is 1. The predicted molar refractivity (Wildman–Crippen MR) is 63.6 cm³/mol. The van der Waals surface area contributed by atoms with Crippen LogP contribution in [0.15, 0.2) is 24.3 Å². The Balaban J connectivity index is 1.93. The van der Waals surface area contributed by atoms with E-state index in [9.17, 15) is 4.79 Å². The lowest BCUT2D eigenvalue weighted by Gasteiger charge is -2.10. The number of ether oxygens (including phenoxy) is 1. The molecule has 86 valence electrons. The number of fused-ring (bicyclic) bond motifs is 1. The maximum Gasteiger partial charge on any atom is 0.173 e. The van der Waals surface area contributed by atoms with E-state index in [4.69, 9.17) is 4.74 Å². The van der Waals surface area contributed by atoms with E-state index in [2.05, 4.69) is 13.8 Å². The first-order chi connectivity index (χ1) is 7.66. The maximum atomic E-state index is 11.9. The fraction of sp³-hybridized carbons (Fsp3) is 0.500. The first-order valence-corrected chi connectivity index (χ1v) is 5.94. The number of para-hydroxylation sites is 1. The van der Waals surface area contributed by atoms with Crippen LogP contribution in [0, 0.1) is 5.92 Å². The molecule has 0 N–H and O–H groups in total. The van der Waals surface area contributed by atoms with Crippen molar-refractivity contribution in [2.45, 2.75) is 39.2 Å². The van der Waals surface area contributed by atoms with Crippen molar-refractivity contribution in [1.82, 2.24) is 0 Å². The van der Waals surface area contributed by atoms with Crippen LogP contribution in [0.25, 0.3) is 0 Å². The van der Waals surface area contributed by atoms with Gasteiger partial charge < -0.3 is 4.74 Å². The van der Waals surface area contributed by atoms with Gasteiger partial charge in [-0.1, -0.05) is 32.0 Å². The van der Waals surface area contributed by atoms with Crippen LogP contribution in [0.5, 0.6) is 5.75 Å². The number of ketones is 1. The smallest absolute Gasteiger partial charge is 0.173 e. The molecule has 0 saturated heterocycles. The van der Waals surface area contributed by atoms with Crippen molar-refractivity contribution in [3.05, 3.63) is 29.8 Å². The van der Waals surface area contributed by atoms with Crippen molar-refractivity contribution in [1.29, 1.82) is 0 Å². The van der Waals surface area contributed by atoms with Gasteiger partial charge in [0.1, 0.15) is 5.75 Å². The summed E-state index contributed by atoms with van der Waals surface area (Å²) in [5, 5.41) is 0. The van der Waals surface area contributed by atoms with Crippen molar-refractivity contribution in [3.8, 4) is 5.75 Å². The lowest BCUT2D eigenvalue weighted by molar-refractivity contribution is -0.125. The molecule has 1 aliphatic rings. The Kier molecular flexibility index (Phi) is 3.28. The third-order valence-corrected chi connectivity index (χ3v) is 2.97. The van der Waals surface area contributed by atoms with Crippen molar-refractivity contribution in [2.24, 2.45) is 5.92 Å². The Bertz CT molecular complexity index is 357. The summed E-state index contributed by atoms with van der Waals surface area (Å²) in [5.74, 6) is 1.70. The summed E-state index contributed by atoms with van der Waals surface area (Å²) in [6.07, 6.45) is 2.09. The summed E-state index contributed by atoms with van der Waals surface area (Å²) in [6.45, 7) is 4.27. The molecule has 0 saturated carbocycles. The minimum absolute atomic E-state index is 0.240. The summed E-state index contributed by atoms with van der Waals surface area (Å²) in [5.41, 5.74) is 1.16. The Morgan fingerprint density at radius 1 is 1.44 bits per heavy atom. The fourth-order valence-electron chi connectivity index (χ4n) is 1.95. The molecule has 1 aromatic rings. The van der Waals surface area contributed by atoms with Gasteiger partial charge in [0.25, 0.3) is 0 Å². The fourth-order valence-corrected chi connectivity index (χ4v) is 1.95. The molecule has 0 spiro atoms. The number of hydrogen-bond donors (Lipinski definition) is 0. The second kappa shape index (κ2) is 4.69. The molecule has 2 nitrogen and oxygen atoms in total. The second-order valence-corrected chi connectivity index (χ2v) is 4.82. The summed E-state index contributed by atoms with van der Waals surface area (Å²) < 4.78 is 5.65. The molecule has 1 atom stereocenters. The van der Waals surface area contributed by atoms with E-state index in [0.717, 1.165) is 24.2 Å². The minimum Gasteiger partial charge on any atom is -0.482 e. The second-order valence-electron chi connectivity index (χ2n) is 4.82. The molecular weight excluding hydrogens is 200 g/mol. The zero-order chi connectivity index (χ0) is 11.5. The Morgan fingerprint density at radius 2 is 2.19 bits per heavy atom. The predicted octanol–water partition coefficient (Wildman–Crippen LogP) is 3.00. The summed E-state index contributed by atoms with van der Waals surface area (Å²) >= 11 is 0. The lowest BCUT2D eigenvalue weighted by Crippen LogP contribution is -2.25. The highest BCUT2D eigenvalue weighted by Crippen LogP contribution is 2.29. The molecule has 0 fully saturated rings. The molecule has 0 bridgehead atoms. The third-order valence-electron chi connectivity index (χ3n) is 2.97. The summed E-state index contributed by atoms with van der Waals surface area (Å²) in [4.78, 5) is 11.9.